The molecule has 0 spiro atoms. The largest absolute Gasteiger partial charge is 0.507 e. The van der Waals surface area contributed by atoms with Crippen LogP contribution in [-0.2, 0) is 0 Å². The number of aliphatic imine (C=N–C) groups is 1. The first kappa shape index (κ1) is 10.9. The van der Waals surface area contributed by atoms with Crippen LogP contribution in [0.2, 0.25) is 0 Å². The highest BCUT2D eigenvalue weighted by Crippen LogP contribution is 2.19. The van der Waals surface area contributed by atoms with Crippen molar-refractivity contribution in [3.63, 3.8) is 0 Å². The molecule has 0 saturated carbocycles. The number of rotatable bonds is 2. The number of halogens is 1. The van der Waals surface area contributed by atoms with E-state index in [1.165, 1.54) is 0 Å². The number of guanidine groups is 1. The first-order valence-electron chi connectivity index (χ1n) is 4.81. The van der Waals surface area contributed by atoms with Gasteiger partial charge in [0.05, 0.1) is 12.8 Å². The van der Waals surface area contributed by atoms with E-state index in [1.807, 2.05) is 0 Å². The molecule has 5 nitrogen and oxygen atoms in total. The lowest BCUT2D eigenvalue weighted by Gasteiger charge is -2.01. The van der Waals surface area contributed by atoms with Crippen molar-refractivity contribution in [1.29, 1.82) is 0 Å². The third-order valence-electron chi connectivity index (χ3n) is 2.04. The van der Waals surface area contributed by atoms with E-state index in [-0.39, 0.29) is 5.75 Å². The van der Waals surface area contributed by atoms with Crippen LogP contribution in [0.4, 0.5) is 0 Å². The smallest absolute Gasteiger partial charge is 0.212 e. The lowest BCUT2D eigenvalue weighted by molar-refractivity contribution is 0.474. The molecular weight excluding hydrogens is 272 g/mol. The summed E-state index contributed by atoms with van der Waals surface area (Å²) in [5, 5.41) is 16.5. The second kappa shape index (κ2) is 4.98. The molecule has 1 aliphatic heterocycles. The Hall–Kier alpha value is -1.56. The van der Waals surface area contributed by atoms with Crippen molar-refractivity contribution in [1.82, 2.24) is 10.7 Å². The number of hydrogen-bond acceptors (Lipinski definition) is 5. The number of nitrogens with zero attached hydrogens (tertiary/aromatic N) is 2. The number of hydrogen-bond donors (Lipinski definition) is 3. The zero-order chi connectivity index (χ0) is 11.4. The normalized spacial score (nSPS) is 14.9. The molecule has 0 atom stereocenters. The van der Waals surface area contributed by atoms with Gasteiger partial charge in [-0.3, -0.25) is 0 Å². The van der Waals surface area contributed by atoms with Crippen molar-refractivity contribution in [2.24, 2.45) is 10.1 Å². The molecule has 16 heavy (non-hydrogen) atoms. The average molecular weight is 283 g/mol. The van der Waals surface area contributed by atoms with Gasteiger partial charge in [-0.15, -0.1) is 0 Å². The summed E-state index contributed by atoms with van der Waals surface area (Å²) in [5.41, 5.74) is 3.40. The summed E-state index contributed by atoms with van der Waals surface area (Å²) in [6, 6.07) is 5.16. The number of hydrazone groups is 1. The zero-order valence-electron chi connectivity index (χ0n) is 8.44. The summed E-state index contributed by atoms with van der Waals surface area (Å²) >= 11 is 3.33. The van der Waals surface area contributed by atoms with Gasteiger partial charge in [0, 0.05) is 16.6 Å². The van der Waals surface area contributed by atoms with Crippen LogP contribution >= 0.6 is 15.9 Å². The van der Waals surface area contributed by atoms with Gasteiger partial charge in [0.2, 0.25) is 5.96 Å². The minimum absolute atomic E-state index is 0.190. The lowest BCUT2D eigenvalue weighted by Crippen LogP contribution is -2.30. The lowest BCUT2D eigenvalue weighted by atomic mass is 10.2. The molecular formula is C10H11BrN4O. The van der Waals surface area contributed by atoms with Crippen LogP contribution in [0.1, 0.15) is 5.56 Å². The Bertz CT molecular complexity index is 444. The van der Waals surface area contributed by atoms with Crippen LogP contribution in [-0.4, -0.2) is 30.4 Å². The van der Waals surface area contributed by atoms with Gasteiger partial charge < -0.3 is 10.4 Å². The number of aromatic hydroxyl groups is 1. The first-order valence-corrected chi connectivity index (χ1v) is 5.61. The van der Waals surface area contributed by atoms with Crippen molar-refractivity contribution in [3.05, 3.63) is 28.2 Å². The van der Waals surface area contributed by atoms with Gasteiger partial charge in [-0.1, -0.05) is 15.9 Å². The van der Waals surface area contributed by atoms with Gasteiger partial charge >= 0.3 is 0 Å². The SMILES string of the molecule is Oc1ccc(Br)cc1/C=N/NC1=NCCN1. The highest BCUT2D eigenvalue weighted by atomic mass is 79.9. The van der Waals surface area contributed by atoms with Gasteiger partial charge in [0.15, 0.2) is 0 Å². The van der Waals surface area contributed by atoms with Gasteiger partial charge in [-0.25, -0.2) is 10.4 Å². The van der Waals surface area contributed by atoms with Crippen molar-refractivity contribution in [2.75, 3.05) is 13.1 Å². The Morgan fingerprint density at radius 1 is 1.56 bits per heavy atom. The maximum Gasteiger partial charge on any atom is 0.212 e. The van der Waals surface area contributed by atoms with E-state index in [4.69, 9.17) is 0 Å². The molecule has 0 aliphatic carbocycles. The molecule has 0 aromatic heterocycles. The highest BCUT2D eigenvalue weighted by Gasteiger charge is 2.02. The topological polar surface area (TPSA) is 69.0 Å². The Balaban J connectivity index is 2.02. The van der Waals surface area contributed by atoms with Crippen LogP contribution in [0, 0.1) is 0 Å². The number of phenolic OH excluding ortho intramolecular Hbond substituents is 1. The van der Waals surface area contributed by atoms with E-state index < -0.39 is 0 Å². The van der Waals surface area contributed by atoms with Crippen LogP contribution in [0.5, 0.6) is 5.75 Å². The molecule has 0 unspecified atom stereocenters. The Labute approximate surface area is 101 Å². The second-order valence-electron chi connectivity index (χ2n) is 3.23. The van der Waals surface area contributed by atoms with Crippen molar-refractivity contribution in [3.8, 4) is 5.75 Å². The summed E-state index contributed by atoms with van der Waals surface area (Å²) in [6.07, 6.45) is 1.54. The predicted octanol–water partition coefficient (Wildman–Crippen LogP) is 1.04. The van der Waals surface area contributed by atoms with Gasteiger partial charge in [-0.05, 0) is 18.2 Å². The minimum Gasteiger partial charge on any atom is -0.507 e. The fraction of sp³-hybridized carbons (Fsp3) is 0.200. The maximum atomic E-state index is 9.54. The van der Waals surface area contributed by atoms with E-state index in [0.717, 1.165) is 17.6 Å². The molecule has 0 amide bonds. The molecule has 1 heterocycles. The minimum atomic E-state index is 0.190. The molecule has 1 aliphatic rings. The predicted molar refractivity (Wildman–Crippen MR) is 66.8 cm³/mol. The quantitative estimate of drug-likeness (QED) is 0.561. The van der Waals surface area contributed by atoms with Crippen molar-refractivity contribution < 1.29 is 5.11 Å². The molecule has 1 aromatic rings. The highest BCUT2D eigenvalue weighted by molar-refractivity contribution is 9.10. The van der Waals surface area contributed by atoms with E-state index in [2.05, 4.69) is 36.8 Å². The summed E-state index contributed by atoms with van der Waals surface area (Å²) in [5.74, 6) is 0.848. The Kier molecular flexibility index (Phi) is 3.40. The third kappa shape index (κ3) is 2.73. The number of nitrogens with one attached hydrogen (secondary N) is 2. The molecule has 0 radical (unpaired) electrons. The van der Waals surface area contributed by atoms with E-state index in [0.29, 0.717) is 11.5 Å². The van der Waals surface area contributed by atoms with Crippen LogP contribution in [0.3, 0.4) is 0 Å². The molecule has 6 heteroatoms. The zero-order valence-corrected chi connectivity index (χ0v) is 10.0. The van der Waals surface area contributed by atoms with Crippen LogP contribution in [0.25, 0.3) is 0 Å². The average Bonchev–Trinajstić information content (AvgIpc) is 2.76. The number of benzene rings is 1. The Morgan fingerprint density at radius 2 is 2.44 bits per heavy atom. The number of phenols is 1. The van der Waals surface area contributed by atoms with Crippen molar-refractivity contribution >= 4 is 28.1 Å². The second-order valence-corrected chi connectivity index (χ2v) is 4.15. The summed E-state index contributed by atoms with van der Waals surface area (Å²) in [4.78, 5) is 4.12. The molecule has 1 aromatic carbocycles. The van der Waals surface area contributed by atoms with Crippen LogP contribution < -0.4 is 10.7 Å². The molecule has 84 valence electrons. The van der Waals surface area contributed by atoms with Crippen molar-refractivity contribution in [2.45, 2.75) is 0 Å². The fourth-order valence-electron chi connectivity index (χ4n) is 1.26. The van der Waals surface area contributed by atoms with Gasteiger partial charge in [0.25, 0.3) is 0 Å². The standard InChI is InChI=1S/C10H11BrN4O/c11-8-1-2-9(16)7(5-8)6-14-15-10-12-3-4-13-10/h1-2,5-6,16H,3-4H2,(H2,12,13,15)/b14-6+. The van der Waals surface area contributed by atoms with E-state index in [1.54, 1.807) is 24.4 Å². The monoisotopic (exact) mass is 282 g/mol. The fourth-order valence-corrected chi connectivity index (χ4v) is 1.64. The van der Waals surface area contributed by atoms with E-state index in [9.17, 15) is 5.11 Å². The summed E-state index contributed by atoms with van der Waals surface area (Å²) in [7, 11) is 0. The molecule has 2 rings (SSSR count). The molecule has 0 fully saturated rings. The molecule has 3 N–H and O–H groups in total. The van der Waals surface area contributed by atoms with E-state index >= 15 is 0 Å². The molecule has 0 saturated heterocycles. The van der Waals surface area contributed by atoms with Crippen LogP contribution in [0.15, 0.2) is 32.8 Å². The van der Waals surface area contributed by atoms with Gasteiger partial charge in [0.1, 0.15) is 5.75 Å². The maximum absolute atomic E-state index is 9.54. The third-order valence-corrected chi connectivity index (χ3v) is 2.53. The Morgan fingerprint density at radius 3 is 3.19 bits per heavy atom. The molecule has 0 bridgehead atoms. The summed E-state index contributed by atoms with van der Waals surface area (Å²) < 4.78 is 0.892. The van der Waals surface area contributed by atoms with Gasteiger partial charge in [-0.2, -0.15) is 5.10 Å². The summed E-state index contributed by atoms with van der Waals surface area (Å²) in [6.45, 7) is 1.60. The first-order chi connectivity index (χ1) is 7.75.